The lowest BCUT2D eigenvalue weighted by Gasteiger charge is -2.35. The first kappa shape index (κ1) is 26.0. The summed E-state index contributed by atoms with van der Waals surface area (Å²) in [5.41, 5.74) is 1.92. The lowest BCUT2D eigenvalue weighted by atomic mass is 10.00. The smallest absolute Gasteiger partial charge is 0.316 e. The fourth-order valence-electron chi connectivity index (χ4n) is 4.51. The van der Waals surface area contributed by atoms with E-state index in [1.54, 1.807) is 54.0 Å². The van der Waals surface area contributed by atoms with Crippen molar-refractivity contribution in [3.05, 3.63) is 77.2 Å². The number of likely N-dealkylation sites (tertiary alicyclic amines) is 1. The zero-order valence-electron chi connectivity index (χ0n) is 21.7. The molecule has 3 aromatic heterocycles. The summed E-state index contributed by atoms with van der Waals surface area (Å²) < 4.78 is 5.96. The molecule has 11 nitrogen and oxygen atoms in total. The lowest BCUT2D eigenvalue weighted by Crippen LogP contribution is -2.54. The minimum absolute atomic E-state index is 0.134. The Balaban J connectivity index is 1.18. The minimum Gasteiger partial charge on any atom is -0.460 e. The summed E-state index contributed by atoms with van der Waals surface area (Å²) in [7, 11) is 0. The number of para-hydroxylation sites is 2. The van der Waals surface area contributed by atoms with E-state index >= 15 is 0 Å². The molecule has 1 atom stereocenters. The summed E-state index contributed by atoms with van der Waals surface area (Å²) >= 11 is 0. The molecule has 1 saturated heterocycles. The van der Waals surface area contributed by atoms with Crippen LogP contribution < -0.4 is 15.6 Å². The first-order chi connectivity index (χ1) is 18.9. The van der Waals surface area contributed by atoms with Crippen molar-refractivity contribution in [1.82, 2.24) is 35.1 Å². The van der Waals surface area contributed by atoms with Crippen molar-refractivity contribution >= 4 is 22.8 Å². The third-order valence-electron chi connectivity index (χ3n) is 6.68. The van der Waals surface area contributed by atoms with Crippen LogP contribution in [-0.2, 0) is 4.79 Å². The third-order valence-corrected chi connectivity index (χ3v) is 6.68. The van der Waals surface area contributed by atoms with Gasteiger partial charge in [-0.1, -0.05) is 32.0 Å². The number of ether oxygens (including phenoxy) is 1. The number of nitrogens with one attached hydrogen (secondary N) is 2. The zero-order valence-corrected chi connectivity index (χ0v) is 21.7. The molecule has 1 aliphatic heterocycles. The van der Waals surface area contributed by atoms with Crippen molar-refractivity contribution < 1.29 is 14.3 Å². The number of aromatic nitrogens is 5. The second kappa shape index (κ2) is 11.4. The van der Waals surface area contributed by atoms with E-state index in [-0.39, 0.29) is 29.6 Å². The minimum atomic E-state index is -0.800. The highest BCUT2D eigenvalue weighted by molar-refractivity contribution is 5.97. The van der Waals surface area contributed by atoms with Gasteiger partial charge < -0.3 is 19.9 Å². The largest absolute Gasteiger partial charge is 0.460 e. The summed E-state index contributed by atoms with van der Waals surface area (Å²) in [6.45, 7) is 4.63. The number of rotatable bonds is 7. The van der Waals surface area contributed by atoms with Gasteiger partial charge in [0, 0.05) is 61.8 Å². The molecule has 5 rings (SSSR count). The van der Waals surface area contributed by atoms with Gasteiger partial charge in [0.25, 0.3) is 11.5 Å². The number of pyridine rings is 1. The Kier molecular flexibility index (Phi) is 7.57. The predicted molar refractivity (Wildman–Crippen MR) is 144 cm³/mol. The molecule has 2 N–H and O–H groups in total. The molecule has 0 spiro atoms. The van der Waals surface area contributed by atoms with Crippen LogP contribution in [0.3, 0.4) is 0 Å². The summed E-state index contributed by atoms with van der Waals surface area (Å²) in [6.07, 6.45) is 7.92. The van der Waals surface area contributed by atoms with Gasteiger partial charge >= 0.3 is 6.01 Å². The second-order valence-corrected chi connectivity index (χ2v) is 9.77. The number of hydrogen-bond donors (Lipinski definition) is 2. The maximum atomic E-state index is 13.4. The number of nitrogens with zero attached hydrogens (tertiary/aromatic N) is 5. The monoisotopic (exact) mass is 527 g/mol. The standard InChI is InChI=1S/C28H29N7O4/c1-17(2)23(34-26(37)24-25(36)33-22-8-4-3-7-21(22)32-24)27(38)35-12-9-20(10-13-35)39-28-30-15-19(16-31-28)18-6-5-11-29-14-18/h3-8,11,14-17,20,23H,9-10,12-13H2,1-2H3,(H,33,36)(H,34,37)/t23-/m0/s1. The maximum absolute atomic E-state index is 13.4. The van der Waals surface area contributed by atoms with E-state index in [0.717, 1.165) is 11.1 Å². The van der Waals surface area contributed by atoms with Gasteiger partial charge in [0.05, 0.1) is 11.0 Å². The first-order valence-corrected chi connectivity index (χ1v) is 12.9. The van der Waals surface area contributed by atoms with Crippen LogP contribution in [0.25, 0.3) is 22.2 Å². The van der Waals surface area contributed by atoms with Crippen LogP contribution in [0, 0.1) is 5.92 Å². The Morgan fingerprint density at radius 2 is 1.77 bits per heavy atom. The molecule has 4 aromatic rings. The average molecular weight is 528 g/mol. The van der Waals surface area contributed by atoms with Crippen LogP contribution in [0.2, 0.25) is 0 Å². The molecular weight excluding hydrogens is 498 g/mol. The third kappa shape index (κ3) is 5.92. The van der Waals surface area contributed by atoms with Crippen molar-refractivity contribution in [2.24, 2.45) is 5.92 Å². The number of fused-ring (bicyclic) bond motifs is 1. The number of hydrogen-bond acceptors (Lipinski definition) is 8. The van der Waals surface area contributed by atoms with E-state index in [9.17, 15) is 14.4 Å². The molecule has 1 fully saturated rings. The van der Waals surface area contributed by atoms with Crippen molar-refractivity contribution in [3.8, 4) is 17.1 Å². The molecule has 11 heteroatoms. The fourth-order valence-corrected chi connectivity index (χ4v) is 4.51. The van der Waals surface area contributed by atoms with Gasteiger partial charge in [-0.25, -0.2) is 15.0 Å². The van der Waals surface area contributed by atoms with Crippen LogP contribution in [0.5, 0.6) is 6.01 Å². The number of carbonyl (C=O) groups is 2. The molecule has 2 amide bonds. The Morgan fingerprint density at radius 1 is 1.03 bits per heavy atom. The Morgan fingerprint density at radius 3 is 2.46 bits per heavy atom. The van der Waals surface area contributed by atoms with E-state index in [4.69, 9.17) is 4.74 Å². The molecule has 1 aliphatic rings. The average Bonchev–Trinajstić information content (AvgIpc) is 2.96. The number of aromatic amines is 1. The summed E-state index contributed by atoms with van der Waals surface area (Å²) in [6, 6.07) is 10.2. The molecule has 0 aliphatic carbocycles. The number of H-pyrrole nitrogens is 1. The maximum Gasteiger partial charge on any atom is 0.316 e. The second-order valence-electron chi connectivity index (χ2n) is 9.77. The quantitative estimate of drug-likeness (QED) is 0.373. The zero-order chi connectivity index (χ0) is 27.4. The van der Waals surface area contributed by atoms with Crippen LogP contribution >= 0.6 is 0 Å². The fraction of sp³-hybridized carbons (Fsp3) is 0.321. The highest BCUT2D eigenvalue weighted by atomic mass is 16.5. The van der Waals surface area contributed by atoms with E-state index < -0.39 is 17.5 Å². The molecule has 200 valence electrons. The molecule has 0 radical (unpaired) electrons. The van der Waals surface area contributed by atoms with Crippen LogP contribution in [-0.4, -0.2) is 66.9 Å². The summed E-state index contributed by atoms with van der Waals surface area (Å²) in [4.78, 5) is 60.2. The van der Waals surface area contributed by atoms with Gasteiger partial charge in [-0.05, 0) is 24.1 Å². The van der Waals surface area contributed by atoms with Crippen molar-refractivity contribution in [1.29, 1.82) is 0 Å². The lowest BCUT2D eigenvalue weighted by molar-refractivity contribution is -0.136. The normalized spacial score (nSPS) is 14.8. The molecule has 4 heterocycles. The topological polar surface area (TPSA) is 143 Å². The number of benzene rings is 1. The van der Waals surface area contributed by atoms with Crippen molar-refractivity contribution in [2.45, 2.75) is 38.8 Å². The van der Waals surface area contributed by atoms with Gasteiger partial charge in [-0.3, -0.25) is 19.4 Å². The summed E-state index contributed by atoms with van der Waals surface area (Å²) in [5, 5.41) is 2.74. The Labute approximate surface area is 224 Å². The van der Waals surface area contributed by atoms with E-state index in [2.05, 4.69) is 30.2 Å². The summed E-state index contributed by atoms with van der Waals surface area (Å²) in [5.74, 6) is -1.08. The molecule has 0 unspecified atom stereocenters. The van der Waals surface area contributed by atoms with Gasteiger partial charge in [0.1, 0.15) is 12.1 Å². The van der Waals surface area contributed by atoms with E-state index in [0.29, 0.717) is 37.0 Å². The van der Waals surface area contributed by atoms with E-state index in [1.165, 1.54) is 0 Å². The number of piperidine rings is 1. The van der Waals surface area contributed by atoms with Crippen LogP contribution in [0.4, 0.5) is 0 Å². The van der Waals surface area contributed by atoms with Crippen molar-refractivity contribution in [3.63, 3.8) is 0 Å². The molecule has 0 bridgehead atoms. The molecule has 39 heavy (non-hydrogen) atoms. The number of carbonyl (C=O) groups excluding carboxylic acids is 2. The van der Waals surface area contributed by atoms with Crippen LogP contribution in [0.15, 0.2) is 66.0 Å². The molecule has 0 saturated carbocycles. The SMILES string of the molecule is CC(C)[C@H](NC(=O)c1nc2ccccc2[nH]c1=O)C(=O)N1CCC(Oc2ncc(-c3cccnc3)cn2)CC1. The highest BCUT2D eigenvalue weighted by Gasteiger charge is 2.33. The van der Waals surface area contributed by atoms with Gasteiger partial charge in [0.2, 0.25) is 5.91 Å². The first-order valence-electron chi connectivity index (χ1n) is 12.9. The Hall–Kier alpha value is -4.67. The van der Waals surface area contributed by atoms with Crippen molar-refractivity contribution in [2.75, 3.05) is 13.1 Å². The predicted octanol–water partition coefficient (Wildman–Crippen LogP) is 2.60. The van der Waals surface area contributed by atoms with Crippen LogP contribution in [0.1, 0.15) is 37.2 Å². The molecular formula is C28H29N7O4. The molecule has 1 aromatic carbocycles. The van der Waals surface area contributed by atoms with E-state index in [1.807, 2.05) is 26.0 Å². The van der Waals surface area contributed by atoms with Gasteiger partial charge in [0.15, 0.2) is 5.69 Å². The number of amides is 2. The Bertz CT molecular complexity index is 1510. The van der Waals surface area contributed by atoms with Gasteiger partial charge in [-0.2, -0.15) is 0 Å². The highest BCUT2D eigenvalue weighted by Crippen LogP contribution is 2.21. The van der Waals surface area contributed by atoms with Gasteiger partial charge in [-0.15, -0.1) is 0 Å².